The lowest BCUT2D eigenvalue weighted by molar-refractivity contribution is 0.667. The number of hydrogen-bond donors (Lipinski definition) is 1. The Kier molecular flexibility index (Phi) is 5.17. The van der Waals surface area contributed by atoms with Gasteiger partial charge in [-0.3, -0.25) is 0 Å². The predicted molar refractivity (Wildman–Crippen MR) is 68.8 cm³/mol. The van der Waals surface area contributed by atoms with Gasteiger partial charge in [0.05, 0.1) is 5.02 Å². The van der Waals surface area contributed by atoms with Crippen molar-refractivity contribution in [2.75, 3.05) is 0 Å². The van der Waals surface area contributed by atoms with Crippen molar-refractivity contribution in [1.82, 2.24) is 0 Å². The molecule has 3 heteroatoms. The second-order valence-electron chi connectivity index (χ2n) is 3.25. The molecule has 0 fully saturated rings. The van der Waals surface area contributed by atoms with Crippen molar-refractivity contribution in [3.05, 3.63) is 33.3 Å². The van der Waals surface area contributed by atoms with Gasteiger partial charge in [-0.05, 0) is 47.0 Å². The highest BCUT2D eigenvalue weighted by atomic mass is 79.9. The van der Waals surface area contributed by atoms with Crippen molar-refractivity contribution < 1.29 is 0 Å². The van der Waals surface area contributed by atoms with Crippen LogP contribution in [0.5, 0.6) is 0 Å². The van der Waals surface area contributed by atoms with Crippen molar-refractivity contribution in [3.8, 4) is 11.8 Å². The van der Waals surface area contributed by atoms with Gasteiger partial charge in [0.2, 0.25) is 0 Å². The van der Waals surface area contributed by atoms with Crippen molar-refractivity contribution in [1.29, 1.82) is 0 Å². The highest BCUT2D eigenvalue weighted by molar-refractivity contribution is 9.10. The van der Waals surface area contributed by atoms with Gasteiger partial charge in [0, 0.05) is 16.9 Å². The van der Waals surface area contributed by atoms with Gasteiger partial charge in [-0.15, -0.1) is 11.8 Å². The zero-order valence-corrected chi connectivity index (χ0v) is 10.9. The van der Waals surface area contributed by atoms with Crippen LogP contribution < -0.4 is 5.73 Å². The van der Waals surface area contributed by atoms with Crippen LogP contribution in [0.2, 0.25) is 5.02 Å². The fraction of sp³-hybridized carbons (Fsp3) is 0.333. The average Bonchev–Trinajstić information content (AvgIpc) is 2.22. The molecule has 1 unspecified atom stereocenters. The fourth-order valence-corrected chi connectivity index (χ4v) is 1.78. The monoisotopic (exact) mass is 285 g/mol. The molecular weight excluding hydrogens is 273 g/mol. The summed E-state index contributed by atoms with van der Waals surface area (Å²) in [4.78, 5) is 0. The molecule has 0 amide bonds. The minimum absolute atomic E-state index is 0.0272. The predicted octanol–water partition coefficient (Wildman–Crippen LogP) is 3.91. The second-order valence-corrected chi connectivity index (χ2v) is 4.51. The lowest BCUT2D eigenvalue weighted by Gasteiger charge is -2.11. The third kappa shape index (κ3) is 3.87. The molecule has 1 rings (SSSR count). The second kappa shape index (κ2) is 6.17. The molecule has 0 heterocycles. The van der Waals surface area contributed by atoms with Crippen molar-refractivity contribution in [2.24, 2.45) is 5.73 Å². The summed E-state index contributed by atoms with van der Waals surface area (Å²) in [6.07, 6.45) is 1.70. The first-order valence-corrected chi connectivity index (χ1v) is 5.92. The summed E-state index contributed by atoms with van der Waals surface area (Å²) in [5.41, 5.74) is 7.11. The Morgan fingerprint density at radius 3 is 2.87 bits per heavy atom. The maximum absolute atomic E-state index is 6.02. The molecule has 1 aromatic rings. The van der Waals surface area contributed by atoms with Crippen LogP contribution in [-0.2, 0) is 0 Å². The molecule has 0 aliphatic carbocycles. The molecule has 0 saturated carbocycles. The summed E-state index contributed by atoms with van der Waals surface area (Å²) in [5, 5.41) is 0.708. The van der Waals surface area contributed by atoms with Gasteiger partial charge in [0.25, 0.3) is 0 Å². The van der Waals surface area contributed by atoms with Gasteiger partial charge >= 0.3 is 0 Å². The van der Waals surface area contributed by atoms with E-state index in [0.717, 1.165) is 22.9 Å². The minimum atomic E-state index is 0.0272. The average molecular weight is 287 g/mol. The first-order chi connectivity index (χ1) is 7.15. The molecule has 1 aromatic carbocycles. The maximum atomic E-state index is 6.02. The Balaban J connectivity index is 2.68. The summed E-state index contributed by atoms with van der Waals surface area (Å²) in [6, 6.07) is 5.80. The van der Waals surface area contributed by atoms with E-state index in [2.05, 4.69) is 27.8 Å². The molecule has 0 saturated heterocycles. The Morgan fingerprint density at radius 1 is 1.53 bits per heavy atom. The SMILES string of the molecule is CC#CCCC(N)c1ccc(Cl)c(Br)c1. The van der Waals surface area contributed by atoms with Crippen LogP contribution in [0.15, 0.2) is 22.7 Å². The molecule has 0 aliphatic rings. The highest BCUT2D eigenvalue weighted by Crippen LogP contribution is 2.26. The Morgan fingerprint density at radius 2 is 2.27 bits per heavy atom. The quantitative estimate of drug-likeness (QED) is 0.838. The van der Waals surface area contributed by atoms with Crippen molar-refractivity contribution in [2.45, 2.75) is 25.8 Å². The maximum Gasteiger partial charge on any atom is 0.0548 e. The molecule has 2 N–H and O–H groups in total. The van der Waals surface area contributed by atoms with E-state index in [9.17, 15) is 0 Å². The van der Waals surface area contributed by atoms with Gasteiger partial charge in [-0.25, -0.2) is 0 Å². The summed E-state index contributed by atoms with van der Waals surface area (Å²) in [5.74, 6) is 5.87. The van der Waals surface area contributed by atoms with Crippen LogP contribution in [-0.4, -0.2) is 0 Å². The third-order valence-electron chi connectivity index (χ3n) is 2.13. The van der Waals surface area contributed by atoms with Crippen LogP contribution in [0.4, 0.5) is 0 Å². The summed E-state index contributed by atoms with van der Waals surface area (Å²) >= 11 is 9.28. The summed E-state index contributed by atoms with van der Waals surface area (Å²) in [6.45, 7) is 1.84. The molecular formula is C12H13BrClN. The highest BCUT2D eigenvalue weighted by Gasteiger charge is 2.06. The van der Waals surface area contributed by atoms with Gasteiger partial charge in [0.1, 0.15) is 0 Å². The van der Waals surface area contributed by atoms with E-state index in [1.54, 1.807) is 0 Å². The van der Waals surface area contributed by atoms with Gasteiger partial charge < -0.3 is 5.73 Å². The standard InChI is InChI=1S/C12H13BrClN/c1-2-3-4-5-12(15)9-6-7-11(14)10(13)8-9/h6-8,12H,4-5,15H2,1H3. The third-order valence-corrected chi connectivity index (χ3v) is 3.34. The zero-order chi connectivity index (χ0) is 11.3. The largest absolute Gasteiger partial charge is 0.324 e. The number of hydrogen-bond acceptors (Lipinski definition) is 1. The molecule has 0 spiro atoms. The first-order valence-electron chi connectivity index (χ1n) is 4.75. The van der Waals surface area contributed by atoms with Crippen LogP contribution in [0.25, 0.3) is 0 Å². The van der Waals surface area contributed by atoms with Crippen LogP contribution in [0.1, 0.15) is 31.4 Å². The first kappa shape index (κ1) is 12.6. The minimum Gasteiger partial charge on any atom is -0.324 e. The van der Waals surface area contributed by atoms with Gasteiger partial charge in [-0.2, -0.15) is 0 Å². The Labute approximate surface area is 104 Å². The molecule has 80 valence electrons. The van der Waals surface area contributed by atoms with E-state index >= 15 is 0 Å². The van der Waals surface area contributed by atoms with E-state index in [1.165, 1.54) is 0 Å². The fourth-order valence-electron chi connectivity index (χ4n) is 1.26. The van der Waals surface area contributed by atoms with E-state index in [1.807, 2.05) is 25.1 Å². The molecule has 1 nitrogen and oxygen atoms in total. The van der Waals surface area contributed by atoms with Crippen LogP contribution >= 0.6 is 27.5 Å². The van der Waals surface area contributed by atoms with Crippen LogP contribution in [0, 0.1) is 11.8 Å². The molecule has 15 heavy (non-hydrogen) atoms. The molecule has 0 aliphatic heterocycles. The lowest BCUT2D eigenvalue weighted by atomic mass is 10.0. The van der Waals surface area contributed by atoms with Gasteiger partial charge in [-0.1, -0.05) is 17.7 Å². The summed E-state index contributed by atoms with van der Waals surface area (Å²) in [7, 11) is 0. The Hall–Kier alpha value is -0.490. The lowest BCUT2D eigenvalue weighted by Crippen LogP contribution is -2.09. The van der Waals surface area contributed by atoms with E-state index in [0.29, 0.717) is 5.02 Å². The molecule has 0 aromatic heterocycles. The number of rotatable bonds is 3. The number of halogens is 2. The number of benzene rings is 1. The van der Waals surface area contributed by atoms with Crippen LogP contribution in [0.3, 0.4) is 0 Å². The van der Waals surface area contributed by atoms with Crippen molar-refractivity contribution in [3.63, 3.8) is 0 Å². The molecule has 1 atom stereocenters. The molecule has 0 radical (unpaired) electrons. The van der Waals surface area contributed by atoms with Gasteiger partial charge in [0.15, 0.2) is 0 Å². The van der Waals surface area contributed by atoms with Crippen molar-refractivity contribution >= 4 is 27.5 Å². The normalized spacial score (nSPS) is 11.7. The zero-order valence-electron chi connectivity index (χ0n) is 8.56. The number of nitrogens with two attached hydrogens (primary N) is 1. The van der Waals surface area contributed by atoms with E-state index in [-0.39, 0.29) is 6.04 Å². The topological polar surface area (TPSA) is 26.0 Å². The van der Waals surface area contributed by atoms with E-state index < -0.39 is 0 Å². The summed E-state index contributed by atoms with van der Waals surface area (Å²) < 4.78 is 0.888. The Bertz CT molecular complexity index is 392. The molecule has 0 bridgehead atoms. The van der Waals surface area contributed by atoms with E-state index in [4.69, 9.17) is 17.3 Å². The smallest absolute Gasteiger partial charge is 0.0548 e.